The lowest BCUT2D eigenvalue weighted by molar-refractivity contribution is -0.123. The molecule has 1 amide bonds. The Kier molecular flexibility index (Phi) is 6.64. The van der Waals surface area contributed by atoms with Crippen molar-refractivity contribution in [1.82, 2.24) is 0 Å². The van der Waals surface area contributed by atoms with Crippen molar-refractivity contribution in [3.8, 4) is 0 Å². The monoisotopic (exact) mass is 367 g/mol. The Hall–Kier alpha value is -2.52. The van der Waals surface area contributed by atoms with Gasteiger partial charge < -0.3 is 25.6 Å². The fraction of sp³-hybridized carbons (Fsp3) is 0.471. The molecule has 1 saturated heterocycles. The molecule has 4 N–H and O–H groups in total. The van der Waals surface area contributed by atoms with E-state index in [0.29, 0.717) is 36.7 Å². The molecule has 0 saturated carbocycles. The van der Waals surface area contributed by atoms with Crippen LogP contribution >= 0.6 is 0 Å². The molecule has 142 valence electrons. The minimum absolute atomic E-state index is 0.117. The van der Waals surface area contributed by atoms with Crippen molar-refractivity contribution in [1.29, 1.82) is 0 Å². The molecule has 0 spiro atoms. The second-order valence-electron chi connectivity index (χ2n) is 6.22. The first-order valence-electron chi connectivity index (χ1n) is 8.08. The standard InChI is InChI=1S/C16H20FN3O3.CH2O2/c1-16(9-23-8-14(18)20-16)12-6-11(2-3-13(12)17)19-15(21)10-4-5-22-7-10;2-1-3/h2-3,6,10H,4-5,7-9H2,1H3,(H2,18,20)(H,19,21);1H,(H,2,3)/t10?,16-;/m0./s1. The summed E-state index contributed by atoms with van der Waals surface area (Å²) in [4.78, 5) is 24.9. The molecule has 0 radical (unpaired) electrons. The topological polar surface area (TPSA) is 123 Å². The Bertz CT molecular complexity index is 691. The molecule has 3 rings (SSSR count). The zero-order chi connectivity index (χ0) is 19.2. The molecule has 2 aliphatic rings. The zero-order valence-corrected chi connectivity index (χ0v) is 14.4. The van der Waals surface area contributed by atoms with Gasteiger partial charge in [0.05, 0.1) is 19.1 Å². The van der Waals surface area contributed by atoms with Crippen molar-refractivity contribution in [3.05, 3.63) is 29.6 Å². The van der Waals surface area contributed by atoms with Gasteiger partial charge in [0, 0.05) is 17.9 Å². The Morgan fingerprint density at radius 2 is 2.23 bits per heavy atom. The van der Waals surface area contributed by atoms with Crippen molar-refractivity contribution in [2.75, 3.05) is 31.7 Å². The molecule has 1 aromatic carbocycles. The minimum atomic E-state index is -0.899. The van der Waals surface area contributed by atoms with E-state index in [1.165, 1.54) is 12.1 Å². The second-order valence-corrected chi connectivity index (χ2v) is 6.22. The van der Waals surface area contributed by atoms with Gasteiger partial charge >= 0.3 is 0 Å². The molecule has 1 fully saturated rings. The number of benzene rings is 1. The third-order valence-corrected chi connectivity index (χ3v) is 4.14. The normalized spacial score (nSPS) is 24.8. The van der Waals surface area contributed by atoms with Crippen LogP contribution in [0.5, 0.6) is 0 Å². The van der Waals surface area contributed by atoms with Crippen LogP contribution in [0.15, 0.2) is 23.2 Å². The lowest BCUT2D eigenvalue weighted by Crippen LogP contribution is -2.38. The van der Waals surface area contributed by atoms with Crippen LogP contribution in [0.25, 0.3) is 0 Å². The first-order chi connectivity index (χ1) is 12.4. The quantitative estimate of drug-likeness (QED) is 0.688. The molecule has 2 atom stereocenters. The number of amidine groups is 1. The van der Waals surface area contributed by atoms with Crippen LogP contribution < -0.4 is 11.1 Å². The number of rotatable bonds is 3. The van der Waals surface area contributed by atoms with Gasteiger partial charge in [-0.3, -0.25) is 14.6 Å². The number of carbonyl (C=O) groups is 2. The van der Waals surface area contributed by atoms with Crippen molar-refractivity contribution < 1.29 is 28.6 Å². The number of hydrogen-bond acceptors (Lipinski definition) is 6. The molecule has 2 aliphatic heterocycles. The van der Waals surface area contributed by atoms with Gasteiger partial charge in [0.1, 0.15) is 23.8 Å². The van der Waals surface area contributed by atoms with E-state index in [4.69, 9.17) is 25.1 Å². The van der Waals surface area contributed by atoms with E-state index in [-0.39, 0.29) is 31.5 Å². The van der Waals surface area contributed by atoms with Gasteiger partial charge in [-0.1, -0.05) is 0 Å². The number of ether oxygens (including phenoxy) is 2. The lowest BCUT2D eigenvalue weighted by Gasteiger charge is -2.30. The van der Waals surface area contributed by atoms with Crippen LogP contribution in [0.1, 0.15) is 18.9 Å². The highest BCUT2D eigenvalue weighted by atomic mass is 19.1. The summed E-state index contributed by atoms with van der Waals surface area (Å²) in [5.41, 5.74) is 5.69. The van der Waals surface area contributed by atoms with Gasteiger partial charge in [-0.15, -0.1) is 0 Å². The molecular weight excluding hydrogens is 345 g/mol. The van der Waals surface area contributed by atoms with Gasteiger partial charge in [0.15, 0.2) is 0 Å². The average molecular weight is 367 g/mol. The van der Waals surface area contributed by atoms with Gasteiger partial charge in [0.25, 0.3) is 6.47 Å². The zero-order valence-electron chi connectivity index (χ0n) is 14.4. The van der Waals surface area contributed by atoms with Gasteiger partial charge in [-0.25, -0.2) is 4.39 Å². The Balaban J connectivity index is 0.000000758. The van der Waals surface area contributed by atoms with Crippen LogP contribution in [-0.4, -0.2) is 49.7 Å². The van der Waals surface area contributed by atoms with E-state index >= 15 is 0 Å². The molecular formula is C17H22FN3O5. The summed E-state index contributed by atoms with van der Waals surface area (Å²) in [6.45, 7) is 3.00. The van der Waals surface area contributed by atoms with Crippen LogP contribution in [-0.2, 0) is 24.6 Å². The molecule has 2 heterocycles. The van der Waals surface area contributed by atoms with Gasteiger partial charge in [-0.05, 0) is 31.5 Å². The van der Waals surface area contributed by atoms with Gasteiger partial charge in [0.2, 0.25) is 5.91 Å². The molecule has 9 heteroatoms. The number of carbonyl (C=O) groups excluding carboxylic acids is 1. The highest BCUT2D eigenvalue weighted by Crippen LogP contribution is 2.32. The summed E-state index contributed by atoms with van der Waals surface area (Å²) in [6, 6.07) is 4.45. The van der Waals surface area contributed by atoms with E-state index in [9.17, 15) is 9.18 Å². The summed E-state index contributed by atoms with van der Waals surface area (Å²) in [7, 11) is 0. The first kappa shape index (κ1) is 19.8. The number of carboxylic acid groups (broad SMARTS) is 1. The Labute approximate surface area is 150 Å². The van der Waals surface area contributed by atoms with E-state index in [0.717, 1.165) is 0 Å². The second kappa shape index (κ2) is 8.72. The molecule has 8 nitrogen and oxygen atoms in total. The van der Waals surface area contributed by atoms with Crippen LogP contribution in [0.2, 0.25) is 0 Å². The summed E-state index contributed by atoms with van der Waals surface area (Å²) in [6.07, 6.45) is 0.701. The summed E-state index contributed by atoms with van der Waals surface area (Å²) in [5.74, 6) is -0.355. The van der Waals surface area contributed by atoms with Gasteiger partial charge in [-0.2, -0.15) is 0 Å². The van der Waals surface area contributed by atoms with Crippen molar-refractivity contribution in [3.63, 3.8) is 0 Å². The highest BCUT2D eigenvalue weighted by molar-refractivity contribution is 5.93. The van der Waals surface area contributed by atoms with Crippen LogP contribution in [0.3, 0.4) is 0 Å². The van der Waals surface area contributed by atoms with E-state index in [2.05, 4.69) is 10.3 Å². The Morgan fingerprint density at radius 1 is 1.50 bits per heavy atom. The number of nitrogens with zero attached hydrogens (tertiary/aromatic N) is 1. The third kappa shape index (κ3) is 4.77. The third-order valence-electron chi connectivity index (χ3n) is 4.14. The summed E-state index contributed by atoms with van der Waals surface area (Å²) in [5, 5.41) is 9.70. The number of amides is 1. The van der Waals surface area contributed by atoms with Crippen molar-refractivity contribution >= 4 is 23.9 Å². The fourth-order valence-electron chi connectivity index (χ4n) is 2.88. The molecule has 1 aromatic rings. The predicted octanol–water partition coefficient (Wildman–Crippen LogP) is 1.10. The predicted molar refractivity (Wildman–Crippen MR) is 92.4 cm³/mol. The number of halogens is 1. The first-order valence-corrected chi connectivity index (χ1v) is 8.08. The molecule has 26 heavy (non-hydrogen) atoms. The maximum atomic E-state index is 14.3. The van der Waals surface area contributed by atoms with Crippen LogP contribution in [0, 0.1) is 11.7 Å². The maximum Gasteiger partial charge on any atom is 0.290 e. The molecule has 0 aromatic heterocycles. The Morgan fingerprint density at radius 3 is 2.85 bits per heavy atom. The van der Waals surface area contributed by atoms with Crippen molar-refractivity contribution in [2.45, 2.75) is 18.9 Å². The maximum absolute atomic E-state index is 14.3. The highest BCUT2D eigenvalue weighted by Gasteiger charge is 2.33. The average Bonchev–Trinajstić information content (AvgIpc) is 3.12. The summed E-state index contributed by atoms with van der Waals surface area (Å²) < 4.78 is 24.9. The number of hydrogen-bond donors (Lipinski definition) is 3. The smallest absolute Gasteiger partial charge is 0.290 e. The largest absolute Gasteiger partial charge is 0.483 e. The number of anilines is 1. The fourth-order valence-corrected chi connectivity index (χ4v) is 2.88. The number of nitrogens with one attached hydrogen (secondary N) is 1. The van der Waals surface area contributed by atoms with E-state index in [1.54, 1.807) is 13.0 Å². The molecule has 0 bridgehead atoms. The minimum Gasteiger partial charge on any atom is -0.483 e. The lowest BCUT2D eigenvalue weighted by atomic mass is 9.91. The number of nitrogens with two attached hydrogens (primary N) is 1. The SMILES string of the molecule is C[C@@]1(c2cc(NC(=O)C3CCOC3)ccc2F)COCC(N)=N1.O=CO. The van der Waals surface area contributed by atoms with E-state index in [1.807, 2.05) is 0 Å². The molecule has 1 unspecified atom stereocenters. The summed E-state index contributed by atoms with van der Waals surface area (Å²) >= 11 is 0. The number of aliphatic imine (C=N–C) groups is 1. The van der Waals surface area contributed by atoms with Crippen molar-refractivity contribution in [2.24, 2.45) is 16.6 Å². The van der Waals surface area contributed by atoms with E-state index < -0.39 is 11.4 Å². The molecule has 0 aliphatic carbocycles. The van der Waals surface area contributed by atoms with Crippen LogP contribution in [0.4, 0.5) is 10.1 Å².